The van der Waals surface area contributed by atoms with E-state index < -0.39 is 18.0 Å². The van der Waals surface area contributed by atoms with E-state index in [9.17, 15) is 14.7 Å². The van der Waals surface area contributed by atoms with Gasteiger partial charge in [0.15, 0.2) is 0 Å². The first kappa shape index (κ1) is 23.6. The van der Waals surface area contributed by atoms with Crippen molar-refractivity contribution in [2.24, 2.45) is 0 Å². The predicted octanol–water partition coefficient (Wildman–Crippen LogP) is 0.519. The first-order valence-electron chi connectivity index (χ1n) is 8.46. The van der Waals surface area contributed by atoms with Crippen molar-refractivity contribution in [3.63, 3.8) is 0 Å². The smallest absolute Gasteiger partial charge is 0.333 e. The number of ether oxygens (including phenoxy) is 3. The molecule has 0 rings (SSSR count). The first-order valence-corrected chi connectivity index (χ1v) is 8.46. The van der Waals surface area contributed by atoms with Crippen molar-refractivity contribution in [3.05, 3.63) is 12.2 Å². The number of hydrogen-bond acceptors (Lipinski definition) is 6. The average Bonchev–Trinajstić information content (AvgIpc) is 2.46. The lowest BCUT2D eigenvalue weighted by atomic mass is 10.1. The molecule has 0 aromatic rings. The molecule has 7 heteroatoms. The number of rotatable bonds is 12. The highest BCUT2D eigenvalue weighted by Crippen LogP contribution is 2.12. The van der Waals surface area contributed by atoms with Gasteiger partial charge in [-0.15, -0.1) is 0 Å². The molecule has 4 unspecified atom stereocenters. The Labute approximate surface area is 151 Å². The quantitative estimate of drug-likeness (QED) is 0.287. The van der Waals surface area contributed by atoms with E-state index in [-0.39, 0.29) is 29.4 Å². The molecule has 0 heterocycles. The Morgan fingerprint density at radius 2 is 1.48 bits per heavy atom. The number of hydrogen-bond donors (Lipinski definition) is 0. The third kappa shape index (κ3) is 10.2. The molecule has 0 fully saturated rings. The van der Waals surface area contributed by atoms with Crippen LogP contribution >= 0.6 is 0 Å². The van der Waals surface area contributed by atoms with Crippen LogP contribution < -0.4 is 5.11 Å². The Kier molecular flexibility index (Phi) is 9.92. The second-order valence-electron chi connectivity index (χ2n) is 7.47. The molecule has 25 heavy (non-hydrogen) atoms. The summed E-state index contributed by atoms with van der Waals surface area (Å²) in [5.41, 5.74) is 0.344. The van der Waals surface area contributed by atoms with Crippen LogP contribution in [0.5, 0.6) is 0 Å². The molecule has 0 saturated carbocycles. The van der Waals surface area contributed by atoms with Crippen LogP contribution in [0.4, 0.5) is 0 Å². The van der Waals surface area contributed by atoms with Gasteiger partial charge in [0.2, 0.25) is 0 Å². The summed E-state index contributed by atoms with van der Waals surface area (Å²) in [5, 5.41) is 11.3. The molecule has 0 aliphatic rings. The number of likely N-dealkylation sites (N-methyl/N-ethyl adjacent to an activating group) is 1. The van der Waals surface area contributed by atoms with E-state index in [4.69, 9.17) is 14.2 Å². The van der Waals surface area contributed by atoms with Crippen LogP contribution in [0.15, 0.2) is 12.2 Å². The summed E-state index contributed by atoms with van der Waals surface area (Å²) in [6.07, 6.45) is -0.487. The van der Waals surface area contributed by atoms with Gasteiger partial charge in [-0.05, 0) is 27.7 Å². The molecular formula is C18H33NO6. The monoisotopic (exact) mass is 359 g/mol. The van der Waals surface area contributed by atoms with Gasteiger partial charge >= 0.3 is 5.97 Å². The first-order chi connectivity index (χ1) is 11.3. The highest BCUT2D eigenvalue weighted by Gasteiger charge is 2.27. The van der Waals surface area contributed by atoms with Crippen molar-refractivity contribution in [1.82, 2.24) is 0 Å². The van der Waals surface area contributed by atoms with E-state index in [1.807, 2.05) is 35.0 Å². The highest BCUT2D eigenvalue weighted by atomic mass is 16.6. The maximum atomic E-state index is 11.4. The van der Waals surface area contributed by atoms with Gasteiger partial charge in [0.05, 0.1) is 52.5 Å². The fourth-order valence-electron chi connectivity index (χ4n) is 2.08. The fourth-order valence-corrected chi connectivity index (χ4v) is 2.08. The molecule has 146 valence electrons. The molecule has 0 saturated heterocycles. The number of aliphatic carboxylic acids is 1. The van der Waals surface area contributed by atoms with E-state index in [0.29, 0.717) is 18.6 Å². The molecule has 0 aliphatic carbocycles. The molecule has 0 radical (unpaired) electrons. The summed E-state index contributed by atoms with van der Waals surface area (Å²) in [6.45, 7) is 11.1. The van der Waals surface area contributed by atoms with Gasteiger partial charge in [0.25, 0.3) is 0 Å². The summed E-state index contributed by atoms with van der Waals surface area (Å²) >= 11 is 0. The summed E-state index contributed by atoms with van der Waals surface area (Å²) in [4.78, 5) is 22.7. The van der Waals surface area contributed by atoms with Crippen molar-refractivity contribution >= 4 is 11.9 Å². The molecule has 0 amide bonds. The minimum atomic E-state index is -1.08. The van der Waals surface area contributed by atoms with Crippen molar-refractivity contribution in [3.8, 4) is 0 Å². The normalized spacial score (nSPS) is 16.6. The van der Waals surface area contributed by atoms with Crippen molar-refractivity contribution in [2.75, 3.05) is 34.4 Å². The minimum absolute atomic E-state index is 0.209. The average molecular weight is 359 g/mol. The zero-order valence-electron chi connectivity index (χ0n) is 16.5. The van der Waals surface area contributed by atoms with E-state index in [1.165, 1.54) is 0 Å². The van der Waals surface area contributed by atoms with E-state index >= 15 is 0 Å². The number of carboxylic acids is 1. The number of quaternary nitrogens is 1. The molecule has 0 aliphatic heterocycles. The highest BCUT2D eigenvalue weighted by molar-refractivity contribution is 5.87. The van der Waals surface area contributed by atoms with Gasteiger partial charge in [-0.2, -0.15) is 0 Å². The topological polar surface area (TPSA) is 84.9 Å². The van der Waals surface area contributed by atoms with Crippen LogP contribution in [0.25, 0.3) is 0 Å². The standard InChI is InChI=1S/C18H33NO6/c1-12(2)18(22)25-15(5)11-24-14(4)10-23-13(3)9-16(17(20)21)19(6,7)8/h13-16H,1,9-11H2,2-8H3. The Hall–Kier alpha value is -1.44. The Morgan fingerprint density at radius 1 is 1.00 bits per heavy atom. The largest absolute Gasteiger partial charge is 0.544 e. The van der Waals surface area contributed by atoms with Gasteiger partial charge in [-0.3, -0.25) is 0 Å². The Balaban J connectivity index is 4.20. The Morgan fingerprint density at radius 3 is 1.92 bits per heavy atom. The molecule has 0 bridgehead atoms. The number of esters is 1. The van der Waals surface area contributed by atoms with Crippen molar-refractivity contribution < 1.29 is 33.4 Å². The fraction of sp³-hybridized carbons (Fsp3) is 0.778. The van der Waals surface area contributed by atoms with Gasteiger partial charge in [-0.25, -0.2) is 4.79 Å². The second-order valence-corrected chi connectivity index (χ2v) is 7.47. The van der Waals surface area contributed by atoms with Crippen LogP contribution in [-0.2, 0) is 23.8 Å². The predicted molar refractivity (Wildman–Crippen MR) is 92.6 cm³/mol. The third-order valence-corrected chi connectivity index (χ3v) is 3.65. The van der Waals surface area contributed by atoms with Crippen LogP contribution in [0.1, 0.15) is 34.1 Å². The minimum Gasteiger partial charge on any atom is -0.544 e. The molecule has 0 N–H and O–H groups in total. The number of carbonyl (C=O) groups excluding carboxylic acids is 2. The van der Waals surface area contributed by atoms with Crippen LogP contribution in [0.2, 0.25) is 0 Å². The van der Waals surface area contributed by atoms with E-state index in [0.717, 1.165) is 0 Å². The number of nitrogens with zero attached hydrogens (tertiary/aromatic N) is 1. The van der Waals surface area contributed by atoms with Gasteiger partial charge in [-0.1, -0.05) is 6.58 Å². The molecule has 0 aromatic heterocycles. The van der Waals surface area contributed by atoms with Crippen molar-refractivity contribution in [2.45, 2.75) is 58.5 Å². The second kappa shape index (κ2) is 10.5. The third-order valence-electron chi connectivity index (χ3n) is 3.65. The van der Waals surface area contributed by atoms with E-state index in [2.05, 4.69) is 6.58 Å². The molecule has 0 spiro atoms. The maximum Gasteiger partial charge on any atom is 0.333 e. The molecular weight excluding hydrogens is 326 g/mol. The molecule has 7 nitrogen and oxygen atoms in total. The lowest BCUT2D eigenvalue weighted by Gasteiger charge is -2.36. The molecule has 0 aromatic carbocycles. The zero-order chi connectivity index (χ0) is 19.8. The summed E-state index contributed by atoms with van der Waals surface area (Å²) in [7, 11) is 5.44. The lowest BCUT2D eigenvalue weighted by molar-refractivity contribution is -0.890. The van der Waals surface area contributed by atoms with Gasteiger partial charge in [0, 0.05) is 12.0 Å². The Bertz CT molecular complexity index is 457. The van der Waals surface area contributed by atoms with Gasteiger partial charge in [0.1, 0.15) is 12.1 Å². The van der Waals surface area contributed by atoms with E-state index in [1.54, 1.807) is 13.8 Å². The summed E-state index contributed by atoms with van der Waals surface area (Å²) in [6, 6.07) is -0.646. The van der Waals surface area contributed by atoms with Crippen LogP contribution in [0, 0.1) is 0 Å². The van der Waals surface area contributed by atoms with Crippen LogP contribution in [-0.4, -0.2) is 75.1 Å². The molecule has 4 atom stereocenters. The summed E-state index contributed by atoms with van der Waals surface area (Å²) < 4.78 is 16.7. The zero-order valence-corrected chi connectivity index (χ0v) is 16.5. The van der Waals surface area contributed by atoms with Crippen LogP contribution in [0.3, 0.4) is 0 Å². The summed E-state index contributed by atoms with van der Waals surface area (Å²) in [5.74, 6) is -1.53. The number of carboxylic acid groups (broad SMARTS) is 1. The van der Waals surface area contributed by atoms with Gasteiger partial charge < -0.3 is 28.6 Å². The lowest BCUT2D eigenvalue weighted by Crippen LogP contribution is -2.56. The SMILES string of the molecule is C=C(C)C(=O)OC(C)COC(C)COC(C)CC(C(=O)[O-])[N+](C)(C)C. The maximum absolute atomic E-state index is 11.4. The van der Waals surface area contributed by atoms with Crippen molar-refractivity contribution in [1.29, 1.82) is 0 Å². The number of carbonyl (C=O) groups is 2.